The molecule has 0 aromatic heterocycles. The molecule has 0 spiro atoms. The molecule has 0 bridgehead atoms. The van der Waals surface area contributed by atoms with E-state index in [1.807, 2.05) is 6.92 Å². The summed E-state index contributed by atoms with van der Waals surface area (Å²) in [6, 6.07) is 2.60. The van der Waals surface area contributed by atoms with Crippen LogP contribution in [-0.4, -0.2) is 26.3 Å². The molecule has 0 heterocycles. The van der Waals surface area contributed by atoms with E-state index in [9.17, 15) is 17.2 Å². The van der Waals surface area contributed by atoms with E-state index in [2.05, 4.69) is 0 Å². The zero-order chi connectivity index (χ0) is 13.8. The van der Waals surface area contributed by atoms with Crippen molar-refractivity contribution in [3.63, 3.8) is 0 Å². The van der Waals surface area contributed by atoms with Crippen LogP contribution in [0, 0.1) is 11.6 Å². The number of rotatable bonds is 6. The van der Waals surface area contributed by atoms with E-state index in [-0.39, 0.29) is 4.90 Å². The normalized spacial score (nSPS) is 12.1. The van der Waals surface area contributed by atoms with Gasteiger partial charge in [-0.25, -0.2) is 21.5 Å². The lowest BCUT2D eigenvalue weighted by atomic mass is 10.2. The van der Waals surface area contributed by atoms with E-state index < -0.39 is 21.7 Å². The Labute approximate surface area is 106 Å². The third kappa shape index (κ3) is 3.49. The Morgan fingerprint density at radius 2 is 1.83 bits per heavy atom. The molecule has 6 heteroatoms. The van der Waals surface area contributed by atoms with Gasteiger partial charge in [-0.2, -0.15) is 0 Å². The highest BCUT2D eigenvalue weighted by atomic mass is 32.2. The minimum atomic E-state index is -3.73. The first kappa shape index (κ1) is 15.0. The van der Waals surface area contributed by atoms with Crippen LogP contribution in [-0.2, 0) is 10.0 Å². The van der Waals surface area contributed by atoms with Crippen LogP contribution in [0.4, 0.5) is 8.78 Å². The van der Waals surface area contributed by atoms with Crippen molar-refractivity contribution in [2.45, 2.75) is 31.1 Å². The molecular weight excluding hydrogens is 260 g/mol. The van der Waals surface area contributed by atoms with Crippen LogP contribution >= 0.6 is 0 Å². The number of hydrogen-bond donors (Lipinski definition) is 0. The lowest BCUT2D eigenvalue weighted by Crippen LogP contribution is -2.28. The molecule has 1 aromatic rings. The van der Waals surface area contributed by atoms with Gasteiger partial charge in [0.2, 0.25) is 10.0 Å². The first-order valence-electron chi connectivity index (χ1n) is 5.81. The predicted molar refractivity (Wildman–Crippen MR) is 65.7 cm³/mol. The molecule has 0 aliphatic heterocycles. The topological polar surface area (TPSA) is 37.4 Å². The van der Waals surface area contributed by atoms with Crippen molar-refractivity contribution in [2.24, 2.45) is 0 Å². The monoisotopic (exact) mass is 277 g/mol. The van der Waals surface area contributed by atoms with E-state index >= 15 is 0 Å². The quantitative estimate of drug-likeness (QED) is 0.750. The van der Waals surface area contributed by atoms with Gasteiger partial charge in [0.1, 0.15) is 0 Å². The lowest BCUT2D eigenvalue weighted by molar-refractivity contribution is 0.452. The van der Waals surface area contributed by atoms with Crippen molar-refractivity contribution in [1.82, 2.24) is 4.31 Å². The van der Waals surface area contributed by atoms with Crippen molar-refractivity contribution in [1.29, 1.82) is 0 Å². The van der Waals surface area contributed by atoms with E-state index in [0.29, 0.717) is 12.6 Å². The largest absolute Gasteiger partial charge is 0.242 e. The van der Waals surface area contributed by atoms with Gasteiger partial charge in [0, 0.05) is 13.6 Å². The summed E-state index contributed by atoms with van der Waals surface area (Å²) in [7, 11) is -2.30. The number of hydrogen-bond acceptors (Lipinski definition) is 2. The van der Waals surface area contributed by atoms with E-state index in [4.69, 9.17) is 0 Å². The molecule has 0 aliphatic rings. The van der Waals surface area contributed by atoms with Gasteiger partial charge < -0.3 is 0 Å². The van der Waals surface area contributed by atoms with Gasteiger partial charge >= 0.3 is 0 Å². The van der Waals surface area contributed by atoms with Gasteiger partial charge in [0.25, 0.3) is 0 Å². The van der Waals surface area contributed by atoms with Crippen LogP contribution in [0.25, 0.3) is 0 Å². The summed E-state index contributed by atoms with van der Waals surface area (Å²) in [4.78, 5) is -0.222. The molecule has 0 amide bonds. The highest BCUT2D eigenvalue weighted by Gasteiger charge is 2.21. The zero-order valence-electron chi connectivity index (χ0n) is 10.5. The highest BCUT2D eigenvalue weighted by Crippen LogP contribution is 2.17. The average Bonchev–Trinajstić information content (AvgIpc) is 2.32. The fourth-order valence-electron chi connectivity index (χ4n) is 1.52. The van der Waals surface area contributed by atoms with Crippen molar-refractivity contribution in [2.75, 3.05) is 13.6 Å². The molecule has 0 N–H and O–H groups in total. The van der Waals surface area contributed by atoms with E-state index in [1.54, 1.807) is 0 Å². The summed E-state index contributed by atoms with van der Waals surface area (Å²) in [5.41, 5.74) is 0. The minimum Gasteiger partial charge on any atom is -0.207 e. The van der Waals surface area contributed by atoms with Gasteiger partial charge in [-0.1, -0.05) is 19.8 Å². The Morgan fingerprint density at radius 1 is 1.17 bits per heavy atom. The number of benzene rings is 1. The summed E-state index contributed by atoms with van der Waals surface area (Å²) in [5.74, 6) is -2.21. The first-order valence-corrected chi connectivity index (χ1v) is 7.25. The Bertz CT molecular complexity index is 503. The summed E-state index contributed by atoms with van der Waals surface area (Å²) in [6.07, 6.45) is 2.66. The van der Waals surface area contributed by atoms with Crippen LogP contribution in [0.2, 0.25) is 0 Å². The molecule has 0 saturated carbocycles. The van der Waals surface area contributed by atoms with Gasteiger partial charge in [-0.15, -0.1) is 0 Å². The third-order valence-electron chi connectivity index (χ3n) is 2.68. The Hall–Kier alpha value is -1.01. The van der Waals surface area contributed by atoms with Crippen LogP contribution in [0.3, 0.4) is 0 Å². The van der Waals surface area contributed by atoms with E-state index in [0.717, 1.165) is 35.7 Å². The number of sulfonamides is 1. The molecule has 1 rings (SSSR count). The molecule has 0 aliphatic carbocycles. The fraction of sp³-hybridized carbons (Fsp3) is 0.500. The summed E-state index contributed by atoms with van der Waals surface area (Å²) in [6.45, 7) is 2.39. The highest BCUT2D eigenvalue weighted by molar-refractivity contribution is 7.89. The molecule has 0 atom stereocenters. The van der Waals surface area contributed by atoms with Crippen molar-refractivity contribution >= 4 is 10.0 Å². The fourth-order valence-corrected chi connectivity index (χ4v) is 2.74. The van der Waals surface area contributed by atoms with Crippen LogP contribution in [0.5, 0.6) is 0 Å². The minimum absolute atomic E-state index is 0.222. The molecule has 0 radical (unpaired) electrons. The molecule has 18 heavy (non-hydrogen) atoms. The molecule has 0 fully saturated rings. The second-order valence-electron chi connectivity index (χ2n) is 4.11. The van der Waals surface area contributed by atoms with Gasteiger partial charge in [0.15, 0.2) is 11.6 Å². The van der Waals surface area contributed by atoms with Crippen LogP contribution in [0.15, 0.2) is 23.1 Å². The number of halogens is 2. The average molecular weight is 277 g/mol. The van der Waals surface area contributed by atoms with Crippen molar-refractivity contribution in [3.05, 3.63) is 29.8 Å². The summed E-state index contributed by atoms with van der Waals surface area (Å²) < 4.78 is 51.0. The van der Waals surface area contributed by atoms with Gasteiger partial charge in [0.05, 0.1) is 4.90 Å². The standard InChI is InChI=1S/C12H17F2NO2S/c1-3-4-5-8-15(2)18(16,17)10-6-7-11(13)12(14)9-10/h6-7,9H,3-5,8H2,1-2H3. The Morgan fingerprint density at radius 3 is 2.39 bits per heavy atom. The van der Waals surface area contributed by atoms with Gasteiger partial charge in [-0.3, -0.25) is 0 Å². The molecular formula is C12H17F2NO2S. The van der Waals surface area contributed by atoms with Crippen LogP contribution < -0.4 is 0 Å². The zero-order valence-corrected chi connectivity index (χ0v) is 11.3. The number of unbranched alkanes of at least 4 members (excludes halogenated alkanes) is 2. The molecule has 102 valence electrons. The summed E-state index contributed by atoms with van der Waals surface area (Å²) in [5, 5.41) is 0. The molecule has 3 nitrogen and oxygen atoms in total. The molecule has 0 saturated heterocycles. The summed E-state index contributed by atoms with van der Waals surface area (Å²) >= 11 is 0. The molecule has 0 unspecified atom stereocenters. The van der Waals surface area contributed by atoms with E-state index in [1.165, 1.54) is 7.05 Å². The Kier molecular flexibility index (Phi) is 5.22. The number of nitrogens with zero attached hydrogens (tertiary/aromatic N) is 1. The second-order valence-corrected chi connectivity index (χ2v) is 6.15. The van der Waals surface area contributed by atoms with Crippen molar-refractivity contribution < 1.29 is 17.2 Å². The predicted octanol–water partition coefficient (Wildman–Crippen LogP) is 2.78. The smallest absolute Gasteiger partial charge is 0.207 e. The SMILES string of the molecule is CCCCCN(C)S(=O)(=O)c1ccc(F)c(F)c1. The Balaban J connectivity index is 2.88. The van der Waals surface area contributed by atoms with Crippen molar-refractivity contribution in [3.8, 4) is 0 Å². The third-order valence-corrected chi connectivity index (χ3v) is 4.53. The van der Waals surface area contributed by atoms with Crippen LogP contribution in [0.1, 0.15) is 26.2 Å². The maximum absolute atomic E-state index is 13.0. The first-order chi connectivity index (χ1) is 8.39. The second kappa shape index (κ2) is 6.24. The lowest BCUT2D eigenvalue weighted by Gasteiger charge is -2.17. The molecule has 1 aromatic carbocycles. The maximum Gasteiger partial charge on any atom is 0.242 e. The maximum atomic E-state index is 13.0. The van der Waals surface area contributed by atoms with Gasteiger partial charge in [-0.05, 0) is 24.6 Å².